The fourth-order valence-electron chi connectivity index (χ4n) is 3.60. The van der Waals surface area contributed by atoms with Crippen molar-refractivity contribution < 1.29 is 28.5 Å². The number of ether oxygens (including phenoxy) is 5. The van der Waals surface area contributed by atoms with Gasteiger partial charge in [-0.3, -0.25) is 4.79 Å². The smallest absolute Gasteiger partial charge is 0.232 e. The molecule has 1 aliphatic rings. The zero-order valence-corrected chi connectivity index (χ0v) is 16.9. The van der Waals surface area contributed by atoms with E-state index in [2.05, 4.69) is 0 Å². The number of rotatable bonds is 7. The minimum atomic E-state index is -0.169. The summed E-state index contributed by atoms with van der Waals surface area (Å²) in [5, 5.41) is 0. The topological polar surface area (TPSA) is 66.5 Å². The Kier molecular flexibility index (Phi) is 5.53. The Balaban J connectivity index is 2.05. The molecule has 2 aromatic carbocycles. The summed E-state index contributed by atoms with van der Waals surface area (Å²) >= 11 is 0. The molecule has 0 unspecified atom stereocenters. The maximum Gasteiger partial charge on any atom is 0.232 e. The van der Waals surface area contributed by atoms with Crippen LogP contribution in [0.1, 0.15) is 18.5 Å². The summed E-state index contributed by atoms with van der Waals surface area (Å²) in [4.78, 5) is 14.5. The van der Waals surface area contributed by atoms with E-state index in [1.807, 2.05) is 25.1 Å². The van der Waals surface area contributed by atoms with Gasteiger partial charge in [0.05, 0.1) is 53.2 Å². The van der Waals surface area contributed by atoms with E-state index in [9.17, 15) is 4.79 Å². The lowest BCUT2D eigenvalue weighted by Gasteiger charge is -2.46. The van der Waals surface area contributed by atoms with Crippen LogP contribution in [0.25, 0.3) is 0 Å². The quantitative estimate of drug-likeness (QED) is 0.678. The molecule has 0 aliphatic carbocycles. The first-order valence-electron chi connectivity index (χ1n) is 8.85. The molecule has 7 nitrogen and oxygen atoms in total. The first-order chi connectivity index (χ1) is 13.5. The molecule has 0 aromatic heterocycles. The van der Waals surface area contributed by atoms with Crippen molar-refractivity contribution in [2.24, 2.45) is 5.92 Å². The van der Waals surface area contributed by atoms with Crippen LogP contribution in [0.4, 0.5) is 5.69 Å². The molecule has 0 saturated carbocycles. The largest absolute Gasteiger partial charge is 0.493 e. The third-order valence-corrected chi connectivity index (χ3v) is 5.06. The van der Waals surface area contributed by atoms with Crippen LogP contribution in [0.3, 0.4) is 0 Å². The van der Waals surface area contributed by atoms with Crippen molar-refractivity contribution in [3.8, 4) is 28.7 Å². The van der Waals surface area contributed by atoms with Gasteiger partial charge >= 0.3 is 0 Å². The number of hydrogen-bond donors (Lipinski definition) is 0. The van der Waals surface area contributed by atoms with Gasteiger partial charge in [0.15, 0.2) is 23.0 Å². The molecule has 0 N–H and O–H groups in total. The number of amides is 1. The van der Waals surface area contributed by atoms with Crippen molar-refractivity contribution in [1.29, 1.82) is 0 Å². The predicted octanol–water partition coefficient (Wildman–Crippen LogP) is 3.45. The lowest BCUT2D eigenvalue weighted by Crippen LogP contribution is -2.54. The summed E-state index contributed by atoms with van der Waals surface area (Å²) in [6.45, 7) is 1.91. The number of hydrogen-bond acceptors (Lipinski definition) is 6. The fourth-order valence-corrected chi connectivity index (χ4v) is 3.60. The number of benzene rings is 2. The van der Waals surface area contributed by atoms with Gasteiger partial charge < -0.3 is 28.6 Å². The lowest BCUT2D eigenvalue weighted by molar-refractivity contribution is -0.129. The van der Waals surface area contributed by atoms with Gasteiger partial charge in [0.2, 0.25) is 11.7 Å². The third-order valence-electron chi connectivity index (χ3n) is 5.06. The highest BCUT2D eigenvalue weighted by Crippen LogP contribution is 2.49. The first-order valence-corrected chi connectivity index (χ1v) is 8.85. The number of nitrogens with zero attached hydrogens (tertiary/aromatic N) is 1. The van der Waals surface area contributed by atoms with Crippen LogP contribution in [0.15, 0.2) is 30.3 Å². The summed E-state index contributed by atoms with van der Waals surface area (Å²) < 4.78 is 27.0. The standard InChI is InChI=1S/C21H25NO6/c1-12-19(13-7-8-15(24-2)16(9-13)25-3)22(21(12)23)14-10-17(26-4)20(28-6)18(11-14)27-5/h7-12,19H,1-6H3/t12-,19+/m0/s1. The minimum Gasteiger partial charge on any atom is -0.493 e. The Labute approximate surface area is 164 Å². The second kappa shape index (κ2) is 7.88. The first kappa shape index (κ1) is 19.7. The number of β-lactam (4-membered cyclic amide) rings is 1. The van der Waals surface area contributed by atoms with Crippen LogP contribution in [0.2, 0.25) is 0 Å². The van der Waals surface area contributed by atoms with Crippen LogP contribution in [-0.2, 0) is 4.79 Å². The zero-order valence-electron chi connectivity index (χ0n) is 16.9. The zero-order chi connectivity index (χ0) is 20.4. The highest BCUT2D eigenvalue weighted by atomic mass is 16.5. The highest BCUT2D eigenvalue weighted by Gasteiger charge is 2.46. The molecule has 28 heavy (non-hydrogen) atoms. The van der Waals surface area contributed by atoms with Crippen LogP contribution < -0.4 is 28.6 Å². The summed E-state index contributed by atoms with van der Waals surface area (Å²) in [5.74, 6) is 2.59. The number of methoxy groups -OCH3 is 5. The molecule has 3 rings (SSSR count). The number of carbonyl (C=O) groups is 1. The van der Waals surface area contributed by atoms with E-state index in [0.29, 0.717) is 34.4 Å². The van der Waals surface area contributed by atoms with Crippen LogP contribution in [0.5, 0.6) is 28.7 Å². The molecule has 2 atom stereocenters. The second-order valence-corrected chi connectivity index (χ2v) is 6.44. The van der Waals surface area contributed by atoms with Crippen molar-refractivity contribution in [3.05, 3.63) is 35.9 Å². The molecule has 0 spiro atoms. The van der Waals surface area contributed by atoms with E-state index in [4.69, 9.17) is 23.7 Å². The Morgan fingerprint density at radius 1 is 0.750 bits per heavy atom. The maximum atomic E-state index is 12.7. The molecule has 0 bridgehead atoms. The summed E-state index contributed by atoms with van der Waals surface area (Å²) in [6, 6.07) is 9.10. The molecule has 150 valence electrons. The van der Waals surface area contributed by atoms with E-state index >= 15 is 0 Å². The van der Waals surface area contributed by atoms with E-state index in [0.717, 1.165) is 5.56 Å². The van der Waals surface area contributed by atoms with Crippen molar-refractivity contribution in [2.75, 3.05) is 40.4 Å². The van der Waals surface area contributed by atoms with Gasteiger partial charge in [-0.25, -0.2) is 0 Å². The lowest BCUT2D eigenvalue weighted by atomic mass is 9.83. The summed E-state index contributed by atoms with van der Waals surface area (Å²) in [7, 11) is 7.83. The Bertz CT molecular complexity index is 856. The number of carbonyl (C=O) groups excluding carboxylic acids is 1. The normalized spacial score (nSPS) is 18.4. The van der Waals surface area contributed by atoms with E-state index in [1.165, 1.54) is 0 Å². The van der Waals surface area contributed by atoms with Gasteiger partial charge in [0.1, 0.15) is 0 Å². The van der Waals surface area contributed by atoms with Gasteiger partial charge in [-0.2, -0.15) is 0 Å². The third kappa shape index (κ3) is 3.06. The molecule has 1 fully saturated rings. The predicted molar refractivity (Wildman–Crippen MR) is 105 cm³/mol. The van der Waals surface area contributed by atoms with Crippen molar-refractivity contribution in [1.82, 2.24) is 0 Å². The summed E-state index contributed by atoms with van der Waals surface area (Å²) in [5.41, 5.74) is 1.64. The molecular formula is C21H25NO6. The maximum absolute atomic E-state index is 12.7. The van der Waals surface area contributed by atoms with E-state index in [1.54, 1.807) is 52.6 Å². The summed E-state index contributed by atoms with van der Waals surface area (Å²) in [6.07, 6.45) is 0. The van der Waals surface area contributed by atoms with Crippen molar-refractivity contribution in [3.63, 3.8) is 0 Å². The molecule has 1 saturated heterocycles. The van der Waals surface area contributed by atoms with Gasteiger partial charge in [-0.05, 0) is 17.7 Å². The molecule has 2 aromatic rings. The average molecular weight is 387 g/mol. The highest BCUT2D eigenvalue weighted by molar-refractivity contribution is 6.03. The Morgan fingerprint density at radius 3 is 1.82 bits per heavy atom. The Hall–Kier alpha value is -3.09. The van der Waals surface area contributed by atoms with E-state index in [-0.39, 0.29) is 17.9 Å². The van der Waals surface area contributed by atoms with Gasteiger partial charge in [-0.1, -0.05) is 13.0 Å². The molecule has 1 amide bonds. The Morgan fingerprint density at radius 2 is 1.32 bits per heavy atom. The molecule has 0 radical (unpaired) electrons. The second-order valence-electron chi connectivity index (χ2n) is 6.44. The number of anilines is 1. The molecular weight excluding hydrogens is 362 g/mol. The van der Waals surface area contributed by atoms with Crippen LogP contribution in [-0.4, -0.2) is 41.5 Å². The van der Waals surface area contributed by atoms with Gasteiger partial charge in [0, 0.05) is 12.1 Å². The molecule has 1 heterocycles. The van der Waals surface area contributed by atoms with Crippen LogP contribution >= 0.6 is 0 Å². The fraction of sp³-hybridized carbons (Fsp3) is 0.381. The van der Waals surface area contributed by atoms with Crippen LogP contribution in [0, 0.1) is 5.92 Å². The van der Waals surface area contributed by atoms with Crippen molar-refractivity contribution in [2.45, 2.75) is 13.0 Å². The average Bonchev–Trinajstić information content (AvgIpc) is 2.74. The van der Waals surface area contributed by atoms with E-state index < -0.39 is 0 Å². The monoisotopic (exact) mass is 387 g/mol. The van der Waals surface area contributed by atoms with Crippen molar-refractivity contribution >= 4 is 11.6 Å². The van der Waals surface area contributed by atoms with Gasteiger partial charge in [0.25, 0.3) is 0 Å². The molecule has 1 aliphatic heterocycles. The SMILES string of the molecule is COc1ccc([C@H]2[C@H](C)C(=O)N2c2cc(OC)c(OC)c(OC)c2)cc1OC. The molecule has 7 heteroatoms. The van der Waals surface area contributed by atoms with Gasteiger partial charge in [-0.15, -0.1) is 0 Å². The minimum absolute atomic E-state index is 0.0223.